The molecule has 0 aliphatic carbocycles. The number of anilines is 1. The molecule has 0 aromatic heterocycles. The van der Waals surface area contributed by atoms with E-state index in [0.29, 0.717) is 13.1 Å². The molecular weight excluding hydrogens is 252 g/mol. The summed E-state index contributed by atoms with van der Waals surface area (Å²) in [6.07, 6.45) is -0.234. The SMILES string of the molecule is COC(=O)N1CCN(c2cccc3ccccc23)CC1. The maximum absolute atomic E-state index is 11.5. The van der Waals surface area contributed by atoms with Gasteiger partial charge in [0.1, 0.15) is 0 Å². The first-order valence-electron chi connectivity index (χ1n) is 6.85. The molecule has 104 valence electrons. The van der Waals surface area contributed by atoms with Crippen LogP contribution in [0.5, 0.6) is 0 Å². The number of benzene rings is 2. The fraction of sp³-hybridized carbons (Fsp3) is 0.312. The molecule has 1 saturated heterocycles. The maximum atomic E-state index is 11.5. The van der Waals surface area contributed by atoms with Crippen LogP contribution in [0.3, 0.4) is 0 Å². The molecule has 2 aromatic rings. The van der Waals surface area contributed by atoms with Crippen LogP contribution in [0.4, 0.5) is 10.5 Å². The highest BCUT2D eigenvalue weighted by Crippen LogP contribution is 2.27. The van der Waals surface area contributed by atoms with Gasteiger partial charge in [-0.15, -0.1) is 0 Å². The van der Waals surface area contributed by atoms with Crippen molar-refractivity contribution in [3.8, 4) is 0 Å². The van der Waals surface area contributed by atoms with Gasteiger partial charge in [-0.2, -0.15) is 0 Å². The van der Waals surface area contributed by atoms with Crippen molar-refractivity contribution in [2.24, 2.45) is 0 Å². The largest absolute Gasteiger partial charge is 0.453 e. The number of carbonyl (C=O) groups is 1. The molecule has 0 bridgehead atoms. The second-order valence-corrected chi connectivity index (χ2v) is 4.94. The third-order valence-electron chi connectivity index (χ3n) is 3.82. The number of rotatable bonds is 1. The van der Waals surface area contributed by atoms with Crippen LogP contribution in [0, 0.1) is 0 Å². The number of amides is 1. The molecule has 0 saturated carbocycles. The van der Waals surface area contributed by atoms with Crippen LogP contribution in [0.1, 0.15) is 0 Å². The van der Waals surface area contributed by atoms with Gasteiger partial charge in [-0.25, -0.2) is 4.79 Å². The predicted octanol–water partition coefficient (Wildman–Crippen LogP) is 2.73. The Bertz CT molecular complexity index is 613. The second kappa shape index (κ2) is 5.41. The van der Waals surface area contributed by atoms with Gasteiger partial charge < -0.3 is 14.5 Å². The van der Waals surface area contributed by atoms with E-state index in [1.165, 1.54) is 23.6 Å². The van der Waals surface area contributed by atoms with Crippen molar-refractivity contribution >= 4 is 22.6 Å². The summed E-state index contributed by atoms with van der Waals surface area (Å²) in [5.41, 5.74) is 1.24. The lowest BCUT2D eigenvalue weighted by molar-refractivity contribution is 0.121. The Kier molecular flexibility index (Phi) is 3.46. The third-order valence-corrected chi connectivity index (χ3v) is 3.82. The van der Waals surface area contributed by atoms with Crippen molar-refractivity contribution in [3.05, 3.63) is 42.5 Å². The van der Waals surface area contributed by atoms with Crippen molar-refractivity contribution in [3.63, 3.8) is 0 Å². The van der Waals surface area contributed by atoms with E-state index >= 15 is 0 Å². The van der Waals surface area contributed by atoms with Gasteiger partial charge in [0, 0.05) is 37.3 Å². The average molecular weight is 270 g/mol. The van der Waals surface area contributed by atoms with Gasteiger partial charge in [0.05, 0.1) is 7.11 Å². The zero-order chi connectivity index (χ0) is 13.9. The number of fused-ring (bicyclic) bond motifs is 1. The highest BCUT2D eigenvalue weighted by molar-refractivity contribution is 5.94. The van der Waals surface area contributed by atoms with E-state index in [1.54, 1.807) is 4.90 Å². The third kappa shape index (κ3) is 2.29. The molecule has 0 spiro atoms. The van der Waals surface area contributed by atoms with Crippen LogP contribution >= 0.6 is 0 Å². The number of ether oxygens (including phenoxy) is 1. The topological polar surface area (TPSA) is 32.8 Å². The second-order valence-electron chi connectivity index (χ2n) is 4.94. The monoisotopic (exact) mass is 270 g/mol. The Hall–Kier alpha value is -2.23. The zero-order valence-electron chi connectivity index (χ0n) is 11.6. The smallest absolute Gasteiger partial charge is 0.409 e. The average Bonchev–Trinajstić information content (AvgIpc) is 2.54. The zero-order valence-corrected chi connectivity index (χ0v) is 11.6. The van der Waals surface area contributed by atoms with Gasteiger partial charge in [-0.05, 0) is 11.5 Å². The Morgan fingerprint density at radius 2 is 1.70 bits per heavy atom. The van der Waals surface area contributed by atoms with Gasteiger partial charge in [0.2, 0.25) is 0 Å². The molecule has 2 aromatic carbocycles. The van der Waals surface area contributed by atoms with Gasteiger partial charge in [-0.1, -0.05) is 36.4 Å². The summed E-state index contributed by atoms with van der Waals surface area (Å²) in [7, 11) is 1.43. The number of hydrogen-bond donors (Lipinski definition) is 0. The van der Waals surface area contributed by atoms with Crippen LogP contribution < -0.4 is 4.90 Å². The number of hydrogen-bond acceptors (Lipinski definition) is 3. The minimum Gasteiger partial charge on any atom is -0.453 e. The standard InChI is InChI=1S/C16H18N2O2/c1-20-16(19)18-11-9-17(10-12-18)15-8-4-6-13-5-2-3-7-14(13)15/h2-8H,9-12H2,1H3. The molecule has 0 N–H and O–H groups in total. The Morgan fingerprint density at radius 3 is 2.45 bits per heavy atom. The van der Waals surface area contributed by atoms with E-state index in [1.807, 2.05) is 0 Å². The first-order chi connectivity index (χ1) is 9.79. The number of carbonyl (C=O) groups excluding carboxylic acids is 1. The first-order valence-corrected chi connectivity index (χ1v) is 6.85. The van der Waals surface area contributed by atoms with E-state index < -0.39 is 0 Å². The van der Waals surface area contributed by atoms with Gasteiger partial charge in [0.25, 0.3) is 0 Å². The highest BCUT2D eigenvalue weighted by atomic mass is 16.5. The number of methoxy groups -OCH3 is 1. The summed E-state index contributed by atoms with van der Waals surface area (Å²) in [6.45, 7) is 3.08. The van der Waals surface area contributed by atoms with Crippen LogP contribution in [0.25, 0.3) is 10.8 Å². The molecular formula is C16H18N2O2. The van der Waals surface area contributed by atoms with Crippen LogP contribution in [-0.4, -0.2) is 44.3 Å². The lowest BCUT2D eigenvalue weighted by atomic mass is 10.1. The van der Waals surface area contributed by atoms with Crippen molar-refractivity contribution in [1.82, 2.24) is 4.90 Å². The van der Waals surface area contributed by atoms with Crippen molar-refractivity contribution in [2.75, 3.05) is 38.2 Å². The summed E-state index contributed by atoms with van der Waals surface area (Å²) in [6, 6.07) is 14.8. The summed E-state index contributed by atoms with van der Waals surface area (Å²) in [4.78, 5) is 15.6. The molecule has 4 nitrogen and oxygen atoms in total. The summed E-state index contributed by atoms with van der Waals surface area (Å²) in [5, 5.41) is 2.52. The van der Waals surface area contributed by atoms with Gasteiger partial charge in [0.15, 0.2) is 0 Å². The van der Waals surface area contributed by atoms with Crippen molar-refractivity contribution in [2.45, 2.75) is 0 Å². The van der Waals surface area contributed by atoms with Crippen molar-refractivity contribution < 1.29 is 9.53 Å². The fourth-order valence-corrected chi connectivity index (χ4v) is 2.74. The van der Waals surface area contributed by atoms with Gasteiger partial charge in [-0.3, -0.25) is 0 Å². The Balaban J connectivity index is 1.82. The fourth-order valence-electron chi connectivity index (χ4n) is 2.74. The molecule has 3 rings (SSSR count). The van der Waals surface area contributed by atoms with E-state index in [9.17, 15) is 4.79 Å². The van der Waals surface area contributed by atoms with Crippen LogP contribution in [0.2, 0.25) is 0 Å². The number of nitrogens with zero attached hydrogens (tertiary/aromatic N) is 2. The van der Waals surface area contributed by atoms with E-state index in [2.05, 4.69) is 47.4 Å². The van der Waals surface area contributed by atoms with Gasteiger partial charge >= 0.3 is 6.09 Å². The maximum Gasteiger partial charge on any atom is 0.409 e. The van der Waals surface area contributed by atoms with E-state index in [-0.39, 0.29) is 6.09 Å². The molecule has 1 heterocycles. The Labute approximate surface area is 118 Å². The summed E-state index contributed by atoms with van der Waals surface area (Å²) >= 11 is 0. The molecule has 1 amide bonds. The lowest BCUT2D eigenvalue weighted by Crippen LogP contribution is -2.48. The summed E-state index contributed by atoms with van der Waals surface area (Å²) < 4.78 is 4.77. The predicted molar refractivity (Wildman–Crippen MR) is 80.1 cm³/mol. The molecule has 0 unspecified atom stereocenters. The van der Waals surface area contributed by atoms with Crippen LogP contribution in [0.15, 0.2) is 42.5 Å². The molecule has 0 atom stereocenters. The van der Waals surface area contributed by atoms with Crippen molar-refractivity contribution in [1.29, 1.82) is 0 Å². The minimum atomic E-state index is -0.234. The number of piperazine rings is 1. The normalized spacial score (nSPS) is 15.4. The summed E-state index contributed by atoms with van der Waals surface area (Å²) in [5.74, 6) is 0. The highest BCUT2D eigenvalue weighted by Gasteiger charge is 2.22. The van der Waals surface area contributed by atoms with E-state index in [4.69, 9.17) is 4.74 Å². The molecule has 4 heteroatoms. The molecule has 1 fully saturated rings. The lowest BCUT2D eigenvalue weighted by Gasteiger charge is -2.35. The molecule has 1 aliphatic rings. The van der Waals surface area contributed by atoms with Crippen LogP contribution in [-0.2, 0) is 4.74 Å². The Morgan fingerprint density at radius 1 is 1.00 bits per heavy atom. The quantitative estimate of drug-likeness (QED) is 0.798. The molecule has 1 aliphatic heterocycles. The first kappa shape index (κ1) is 12.8. The molecule has 20 heavy (non-hydrogen) atoms. The van der Waals surface area contributed by atoms with E-state index in [0.717, 1.165) is 13.1 Å². The molecule has 0 radical (unpaired) electrons. The minimum absolute atomic E-state index is 0.234.